The molecule has 0 saturated heterocycles. The highest BCUT2D eigenvalue weighted by Crippen LogP contribution is 2.27. The van der Waals surface area contributed by atoms with Gasteiger partial charge in [0.25, 0.3) is 0 Å². The van der Waals surface area contributed by atoms with Crippen molar-refractivity contribution in [3.8, 4) is 0 Å². The molecule has 19 heavy (non-hydrogen) atoms. The van der Waals surface area contributed by atoms with Crippen molar-refractivity contribution in [2.24, 2.45) is 4.99 Å². The summed E-state index contributed by atoms with van der Waals surface area (Å²) in [4.78, 5) is 16.0. The minimum Gasteiger partial charge on any atom is -0.295 e. The average Bonchev–Trinajstić information content (AvgIpc) is 2.47. The average molecular weight is 249 g/mol. The van der Waals surface area contributed by atoms with Crippen LogP contribution in [0.1, 0.15) is 34.8 Å². The number of carbonyl (C=O) groups excluding carboxylic acids is 1. The van der Waals surface area contributed by atoms with Crippen LogP contribution < -0.4 is 0 Å². The topological polar surface area (TPSA) is 29.4 Å². The lowest BCUT2D eigenvalue weighted by molar-refractivity contribution is 0.101. The van der Waals surface area contributed by atoms with Crippen LogP contribution >= 0.6 is 0 Å². The van der Waals surface area contributed by atoms with Crippen molar-refractivity contribution >= 4 is 17.2 Å². The van der Waals surface area contributed by atoms with Crippen LogP contribution in [0.15, 0.2) is 53.5 Å². The summed E-state index contributed by atoms with van der Waals surface area (Å²) in [5.74, 6) is 0.0995. The van der Waals surface area contributed by atoms with E-state index < -0.39 is 0 Å². The van der Waals surface area contributed by atoms with Crippen LogP contribution in [0.2, 0.25) is 0 Å². The van der Waals surface area contributed by atoms with Gasteiger partial charge in [-0.3, -0.25) is 9.79 Å². The van der Waals surface area contributed by atoms with Gasteiger partial charge in [0, 0.05) is 11.3 Å². The van der Waals surface area contributed by atoms with E-state index >= 15 is 0 Å². The number of fused-ring (bicyclic) bond motifs is 1. The quantitative estimate of drug-likeness (QED) is 0.741. The Morgan fingerprint density at radius 2 is 1.74 bits per heavy atom. The van der Waals surface area contributed by atoms with Crippen LogP contribution in [0.3, 0.4) is 0 Å². The summed E-state index contributed by atoms with van der Waals surface area (Å²) in [6.45, 7) is 1.59. The third-order valence-electron chi connectivity index (χ3n) is 3.50. The highest BCUT2D eigenvalue weighted by molar-refractivity contribution is 6.04. The van der Waals surface area contributed by atoms with Crippen molar-refractivity contribution in [1.29, 1.82) is 0 Å². The molecule has 0 spiro atoms. The van der Waals surface area contributed by atoms with E-state index in [1.165, 1.54) is 5.56 Å². The molecule has 1 aliphatic rings. The number of Topliss-reactive ketones (excluding diaryl/α,β-unsaturated/α-hetero) is 1. The highest BCUT2D eigenvalue weighted by Gasteiger charge is 2.13. The third kappa shape index (κ3) is 2.34. The number of para-hydroxylation sites is 1. The van der Waals surface area contributed by atoms with Gasteiger partial charge in [0.15, 0.2) is 5.78 Å². The minimum atomic E-state index is 0.0995. The summed E-state index contributed by atoms with van der Waals surface area (Å²) in [5.41, 5.74) is 5.35. The predicted molar refractivity (Wildman–Crippen MR) is 77.4 cm³/mol. The summed E-state index contributed by atoms with van der Waals surface area (Å²) in [7, 11) is 0. The zero-order valence-corrected chi connectivity index (χ0v) is 10.9. The number of benzene rings is 2. The molecule has 2 aromatic rings. The molecule has 3 rings (SSSR count). The maximum absolute atomic E-state index is 11.3. The largest absolute Gasteiger partial charge is 0.295 e. The van der Waals surface area contributed by atoms with Crippen LogP contribution in [0.25, 0.3) is 0 Å². The molecule has 0 amide bonds. The van der Waals surface area contributed by atoms with Crippen molar-refractivity contribution in [1.82, 2.24) is 0 Å². The molecule has 0 aliphatic carbocycles. The molecule has 0 aromatic heterocycles. The lowest BCUT2D eigenvalue weighted by Crippen LogP contribution is -2.07. The summed E-state index contributed by atoms with van der Waals surface area (Å²) in [6.07, 6.45) is 1.99. The van der Waals surface area contributed by atoms with Gasteiger partial charge in [-0.25, -0.2) is 0 Å². The van der Waals surface area contributed by atoms with Crippen molar-refractivity contribution in [2.75, 3.05) is 0 Å². The maximum Gasteiger partial charge on any atom is 0.159 e. The fourth-order valence-electron chi connectivity index (χ4n) is 2.39. The normalized spacial score (nSPS) is 13.6. The molecule has 94 valence electrons. The van der Waals surface area contributed by atoms with Gasteiger partial charge in [-0.15, -0.1) is 0 Å². The second-order valence-corrected chi connectivity index (χ2v) is 4.82. The van der Waals surface area contributed by atoms with Crippen molar-refractivity contribution in [3.63, 3.8) is 0 Å². The molecule has 0 bridgehead atoms. The van der Waals surface area contributed by atoms with Crippen molar-refractivity contribution in [2.45, 2.75) is 19.8 Å². The molecule has 0 atom stereocenters. The third-order valence-corrected chi connectivity index (χ3v) is 3.50. The molecule has 2 aromatic carbocycles. The van der Waals surface area contributed by atoms with Crippen LogP contribution in [-0.4, -0.2) is 11.5 Å². The molecule has 2 heteroatoms. The number of ketones is 1. The smallest absolute Gasteiger partial charge is 0.159 e. The Kier molecular flexibility index (Phi) is 3.00. The van der Waals surface area contributed by atoms with E-state index in [1.807, 2.05) is 30.3 Å². The molecule has 0 unspecified atom stereocenters. The van der Waals surface area contributed by atoms with Crippen LogP contribution in [0.4, 0.5) is 5.69 Å². The fourth-order valence-corrected chi connectivity index (χ4v) is 2.39. The van der Waals surface area contributed by atoms with E-state index in [9.17, 15) is 4.79 Å². The van der Waals surface area contributed by atoms with E-state index in [1.54, 1.807) is 6.92 Å². The van der Waals surface area contributed by atoms with Crippen molar-refractivity contribution < 1.29 is 4.79 Å². The number of aryl methyl sites for hydroxylation is 1. The van der Waals surface area contributed by atoms with Gasteiger partial charge in [-0.05, 0) is 37.0 Å². The molecular weight excluding hydrogens is 234 g/mol. The van der Waals surface area contributed by atoms with Gasteiger partial charge < -0.3 is 0 Å². The second kappa shape index (κ2) is 4.81. The SMILES string of the molecule is CC(=O)c1ccc(C2=Nc3ccccc3CC2)cc1. The molecular formula is C17H15NO. The lowest BCUT2D eigenvalue weighted by Gasteiger charge is -2.15. The van der Waals surface area contributed by atoms with E-state index in [2.05, 4.69) is 18.2 Å². The Balaban J connectivity index is 1.95. The van der Waals surface area contributed by atoms with Gasteiger partial charge in [0.05, 0.1) is 5.69 Å². The zero-order valence-electron chi connectivity index (χ0n) is 10.9. The Bertz CT molecular complexity index is 653. The number of rotatable bonds is 2. The number of aliphatic imine (C=N–C) groups is 1. The number of carbonyl (C=O) groups is 1. The lowest BCUT2D eigenvalue weighted by atomic mass is 9.96. The van der Waals surface area contributed by atoms with E-state index in [4.69, 9.17) is 4.99 Å². The summed E-state index contributed by atoms with van der Waals surface area (Å²) < 4.78 is 0. The molecule has 1 heterocycles. The van der Waals surface area contributed by atoms with E-state index in [0.29, 0.717) is 0 Å². The van der Waals surface area contributed by atoms with Gasteiger partial charge in [-0.1, -0.05) is 42.5 Å². The van der Waals surface area contributed by atoms with Gasteiger partial charge in [-0.2, -0.15) is 0 Å². The predicted octanol–water partition coefficient (Wildman–Crippen LogP) is 3.96. The Morgan fingerprint density at radius 3 is 2.47 bits per heavy atom. The monoisotopic (exact) mass is 249 g/mol. The fraction of sp³-hybridized carbons (Fsp3) is 0.176. The Hall–Kier alpha value is -2.22. The summed E-state index contributed by atoms with van der Waals surface area (Å²) >= 11 is 0. The highest BCUT2D eigenvalue weighted by atomic mass is 16.1. The van der Waals surface area contributed by atoms with Gasteiger partial charge in [0.2, 0.25) is 0 Å². The summed E-state index contributed by atoms with van der Waals surface area (Å²) in [5, 5.41) is 0. The Morgan fingerprint density at radius 1 is 1.00 bits per heavy atom. The molecule has 0 radical (unpaired) electrons. The first-order valence-electron chi connectivity index (χ1n) is 6.51. The van der Waals surface area contributed by atoms with Crippen LogP contribution in [-0.2, 0) is 6.42 Å². The zero-order chi connectivity index (χ0) is 13.2. The molecule has 1 aliphatic heterocycles. The maximum atomic E-state index is 11.3. The Labute approximate surface area is 112 Å². The number of hydrogen-bond acceptors (Lipinski definition) is 2. The first kappa shape index (κ1) is 11.8. The molecule has 2 nitrogen and oxygen atoms in total. The van der Waals surface area contributed by atoms with Gasteiger partial charge in [0.1, 0.15) is 0 Å². The van der Waals surface area contributed by atoms with E-state index in [-0.39, 0.29) is 5.78 Å². The molecule has 0 N–H and O–H groups in total. The second-order valence-electron chi connectivity index (χ2n) is 4.82. The minimum absolute atomic E-state index is 0.0995. The molecule has 0 fully saturated rings. The van der Waals surface area contributed by atoms with Gasteiger partial charge >= 0.3 is 0 Å². The van der Waals surface area contributed by atoms with E-state index in [0.717, 1.165) is 35.4 Å². The van der Waals surface area contributed by atoms with Crippen LogP contribution in [0, 0.1) is 0 Å². The first-order chi connectivity index (χ1) is 9.24. The molecule has 0 saturated carbocycles. The standard InChI is InChI=1S/C17H15NO/c1-12(19)13-6-8-15(9-7-13)17-11-10-14-4-2-3-5-16(14)18-17/h2-9H,10-11H2,1H3. The number of hydrogen-bond donors (Lipinski definition) is 0. The van der Waals surface area contributed by atoms with Crippen molar-refractivity contribution in [3.05, 3.63) is 65.2 Å². The number of nitrogens with zero attached hydrogens (tertiary/aromatic N) is 1. The first-order valence-corrected chi connectivity index (χ1v) is 6.51. The summed E-state index contributed by atoms with van der Waals surface area (Å²) in [6, 6.07) is 16.0. The van der Waals surface area contributed by atoms with Crippen LogP contribution in [0.5, 0.6) is 0 Å².